The minimum atomic E-state index is -1.67. The van der Waals surface area contributed by atoms with Crippen LogP contribution in [0.5, 0.6) is 0 Å². The Morgan fingerprint density at radius 1 is 0.909 bits per heavy atom. The highest BCUT2D eigenvalue weighted by molar-refractivity contribution is 7.04. The molecule has 0 aliphatic carbocycles. The van der Waals surface area contributed by atoms with E-state index in [4.69, 9.17) is 4.74 Å². The lowest BCUT2D eigenvalue weighted by Crippen LogP contribution is -2.59. The van der Waals surface area contributed by atoms with Crippen LogP contribution in [0.15, 0.2) is 60.7 Å². The molecule has 0 saturated carbocycles. The first kappa shape index (κ1) is 14.4. The lowest BCUT2D eigenvalue weighted by atomic mass is 10.4. The molecular formula is C19H24OSi2. The third-order valence-electron chi connectivity index (χ3n) is 5.84. The van der Waals surface area contributed by atoms with Crippen molar-refractivity contribution >= 4 is 26.5 Å². The quantitative estimate of drug-likeness (QED) is 0.623. The molecule has 0 amide bonds. The van der Waals surface area contributed by atoms with Gasteiger partial charge in [0.1, 0.15) is 8.07 Å². The van der Waals surface area contributed by atoms with E-state index < -0.39 is 16.1 Å². The molecule has 0 spiro atoms. The zero-order valence-electron chi connectivity index (χ0n) is 13.7. The van der Waals surface area contributed by atoms with Crippen LogP contribution in [0.3, 0.4) is 0 Å². The van der Waals surface area contributed by atoms with Gasteiger partial charge in [-0.2, -0.15) is 0 Å². The first-order chi connectivity index (χ1) is 10.5. The number of benzene rings is 2. The Morgan fingerprint density at radius 3 is 1.82 bits per heavy atom. The van der Waals surface area contributed by atoms with Crippen LogP contribution in [-0.2, 0) is 4.74 Å². The number of rotatable bonds is 3. The summed E-state index contributed by atoms with van der Waals surface area (Å²) < 4.78 is 6.30. The zero-order valence-corrected chi connectivity index (χ0v) is 15.7. The highest BCUT2D eigenvalue weighted by Crippen LogP contribution is 2.58. The van der Waals surface area contributed by atoms with Gasteiger partial charge < -0.3 is 4.74 Å². The fraction of sp³-hybridized carbons (Fsp3) is 0.368. The van der Waals surface area contributed by atoms with Gasteiger partial charge in [-0.1, -0.05) is 90.7 Å². The molecule has 3 heteroatoms. The third-order valence-corrected chi connectivity index (χ3v) is 14.4. The first-order valence-corrected chi connectivity index (χ1v) is 14.2. The first-order valence-electron chi connectivity index (χ1n) is 8.27. The molecule has 2 unspecified atom stereocenters. The van der Waals surface area contributed by atoms with Crippen LogP contribution in [0, 0.1) is 0 Å². The van der Waals surface area contributed by atoms with Gasteiger partial charge in [-0.05, 0) is 12.1 Å². The molecule has 2 heterocycles. The molecule has 0 radical (unpaired) electrons. The topological polar surface area (TPSA) is 12.5 Å². The number of fused-ring (bicyclic) bond motifs is 1. The smallest absolute Gasteiger partial charge is 0.123 e. The Morgan fingerprint density at radius 2 is 1.41 bits per heavy atom. The maximum Gasteiger partial charge on any atom is 0.123 e. The van der Waals surface area contributed by atoms with Crippen molar-refractivity contribution in [2.75, 3.05) is 0 Å². The SMILES string of the molecule is C[Si](C)(C)C12C[Si](c3ccccc3)(c3ccccc3)CC1O2. The molecule has 2 saturated heterocycles. The van der Waals surface area contributed by atoms with E-state index in [9.17, 15) is 0 Å². The Balaban J connectivity index is 1.84. The molecule has 2 aliphatic rings. The molecule has 1 nitrogen and oxygen atoms in total. The van der Waals surface area contributed by atoms with Crippen LogP contribution in [0.2, 0.25) is 31.7 Å². The molecule has 0 bridgehead atoms. The molecule has 2 fully saturated rings. The molecule has 0 N–H and O–H groups in total. The second-order valence-corrected chi connectivity index (χ2v) is 17.4. The monoisotopic (exact) mass is 324 g/mol. The molecule has 0 aromatic heterocycles. The minimum Gasteiger partial charge on any atom is -0.371 e. The van der Waals surface area contributed by atoms with Gasteiger partial charge in [-0.25, -0.2) is 0 Å². The van der Waals surface area contributed by atoms with Gasteiger partial charge in [0.25, 0.3) is 0 Å². The molecule has 114 valence electrons. The molecular weight excluding hydrogens is 300 g/mol. The lowest BCUT2D eigenvalue weighted by Gasteiger charge is -2.34. The van der Waals surface area contributed by atoms with E-state index in [-0.39, 0.29) is 5.22 Å². The van der Waals surface area contributed by atoms with Crippen LogP contribution in [0.4, 0.5) is 0 Å². The third kappa shape index (κ3) is 1.92. The summed E-state index contributed by atoms with van der Waals surface area (Å²) in [5.41, 5.74) is 0. The van der Waals surface area contributed by atoms with Crippen molar-refractivity contribution in [2.24, 2.45) is 0 Å². The van der Waals surface area contributed by atoms with Crippen LogP contribution in [-0.4, -0.2) is 27.5 Å². The van der Waals surface area contributed by atoms with E-state index in [1.165, 1.54) is 12.1 Å². The van der Waals surface area contributed by atoms with Gasteiger partial charge in [-0.15, -0.1) is 0 Å². The summed E-state index contributed by atoms with van der Waals surface area (Å²) in [5.74, 6) is 0. The van der Waals surface area contributed by atoms with Gasteiger partial charge in [0, 0.05) is 0 Å². The fourth-order valence-electron chi connectivity index (χ4n) is 4.46. The second kappa shape index (κ2) is 4.67. The number of ether oxygens (including phenoxy) is 1. The Hall–Kier alpha value is -1.17. The van der Waals surface area contributed by atoms with Crippen molar-refractivity contribution in [1.29, 1.82) is 0 Å². The Bertz CT molecular complexity index is 638. The Kier molecular flexibility index (Phi) is 3.06. The summed E-state index contributed by atoms with van der Waals surface area (Å²) in [6, 6.07) is 25.1. The van der Waals surface area contributed by atoms with Crippen LogP contribution >= 0.6 is 0 Å². The molecule has 2 aromatic carbocycles. The van der Waals surface area contributed by atoms with E-state index in [0.29, 0.717) is 6.10 Å². The normalized spacial score (nSPS) is 29.1. The van der Waals surface area contributed by atoms with E-state index in [0.717, 1.165) is 0 Å². The van der Waals surface area contributed by atoms with Gasteiger partial charge in [-0.3, -0.25) is 0 Å². The summed E-state index contributed by atoms with van der Waals surface area (Å²) in [7, 11) is -2.99. The van der Waals surface area contributed by atoms with Crippen molar-refractivity contribution in [3.63, 3.8) is 0 Å². The molecule has 2 aliphatic heterocycles. The van der Waals surface area contributed by atoms with E-state index in [1.807, 2.05) is 0 Å². The molecule has 4 rings (SSSR count). The van der Waals surface area contributed by atoms with Gasteiger partial charge in [0.2, 0.25) is 0 Å². The molecule has 22 heavy (non-hydrogen) atoms. The molecule has 2 aromatic rings. The van der Waals surface area contributed by atoms with E-state index in [2.05, 4.69) is 80.3 Å². The summed E-state index contributed by atoms with van der Waals surface area (Å²) in [6.07, 6.45) is 0.520. The highest BCUT2D eigenvalue weighted by atomic mass is 28.3. The predicted molar refractivity (Wildman–Crippen MR) is 98.5 cm³/mol. The number of hydrogen-bond acceptors (Lipinski definition) is 1. The lowest BCUT2D eigenvalue weighted by molar-refractivity contribution is 0.351. The molecule has 2 atom stereocenters. The zero-order chi connectivity index (χ0) is 15.4. The summed E-state index contributed by atoms with van der Waals surface area (Å²) in [5, 5.41) is 3.43. The summed E-state index contributed by atoms with van der Waals surface area (Å²) in [4.78, 5) is 0. The van der Waals surface area contributed by atoms with Crippen LogP contribution in [0.1, 0.15) is 0 Å². The highest BCUT2D eigenvalue weighted by Gasteiger charge is 2.73. The maximum atomic E-state index is 6.30. The van der Waals surface area contributed by atoms with Gasteiger partial charge in [0.05, 0.1) is 19.4 Å². The van der Waals surface area contributed by atoms with Crippen LogP contribution < -0.4 is 10.4 Å². The van der Waals surface area contributed by atoms with Crippen molar-refractivity contribution in [3.8, 4) is 0 Å². The van der Waals surface area contributed by atoms with Crippen molar-refractivity contribution in [3.05, 3.63) is 60.7 Å². The number of hydrogen-bond donors (Lipinski definition) is 0. The Labute approximate surface area is 135 Å². The van der Waals surface area contributed by atoms with Gasteiger partial charge >= 0.3 is 0 Å². The van der Waals surface area contributed by atoms with E-state index >= 15 is 0 Å². The average Bonchev–Trinajstić information content (AvgIpc) is 3.12. The number of epoxide rings is 1. The van der Waals surface area contributed by atoms with Crippen molar-refractivity contribution in [1.82, 2.24) is 0 Å². The standard InChI is InChI=1S/C19H24OSi2/c1-21(2,3)19-15-22(14-18(19)20-19,16-10-6-4-7-11-16)17-12-8-5-9-13-17/h4-13,18H,14-15H2,1-3H3. The van der Waals surface area contributed by atoms with Gasteiger partial charge in [0.15, 0.2) is 0 Å². The van der Waals surface area contributed by atoms with Crippen molar-refractivity contribution < 1.29 is 4.74 Å². The van der Waals surface area contributed by atoms with Crippen LogP contribution in [0.25, 0.3) is 0 Å². The predicted octanol–water partition coefficient (Wildman–Crippen LogP) is 3.28. The van der Waals surface area contributed by atoms with E-state index in [1.54, 1.807) is 10.4 Å². The van der Waals surface area contributed by atoms with Crippen molar-refractivity contribution in [2.45, 2.75) is 43.1 Å². The minimum absolute atomic E-state index is 0.241. The maximum absolute atomic E-state index is 6.30. The fourth-order valence-corrected chi connectivity index (χ4v) is 14.5. The largest absolute Gasteiger partial charge is 0.371 e. The summed E-state index contributed by atoms with van der Waals surface area (Å²) >= 11 is 0. The average molecular weight is 325 g/mol. The summed E-state index contributed by atoms with van der Waals surface area (Å²) in [6.45, 7) is 7.44. The second-order valence-electron chi connectivity index (χ2n) is 7.94.